The van der Waals surface area contributed by atoms with Crippen molar-refractivity contribution in [1.29, 1.82) is 0 Å². The number of amides is 1. The second kappa shape index (κ2) is 7.27. The van der Waals surface area contributed by atoms with Crippen LogP contribution in [0.4, 0.5) is 0 Å². The first-order chi connectivity index (χ1) is 13.0. The predicted molar refractivity (Wildman–Crippen MR) is 108 cm³/mol. The molecule has 0 aliphatic heterocycles. The summed E-state index contributed by atoms with van der Waals surface area (Å²) in [6, 6.07) is 8.00. The Morgan fingerprint density at radius 2 is 2.15 bits per heavy atom. The maximum absolute atomic E-state index is 12.5. The zero-order chi connectivity index (χ0) is 19.0. The Labute approximate surface area is 161 Å². The Morgan fingerprint density at radius 1 is 1.33 bits per heavy atom. The lowest BCUT2D eigenvalue weighted by atomic mass is 10.0. The third kappa shape index (κ3) is 3.54. The first-order valence-corrected chi connectivity index (χ1v) is 10.2. The number of hydrogen-bond donors (Lipinski definition) is 2. The number of aryl methyl sites for hydroxylation is 4. The molecule has 2 aromatic heterocycles. The van der Waals surface area contributed by atoms with Crippen LogP contribution in [0.1, 0.15) is 53.2 Å². The summed E-state index contributed by atoms with van der Waals surface area (Å²) in [4.78, 5) is 34.4. The molecule has 1 aromatic carbocycles. The highest BCUT2D eigenvalue weighted by Crippen LogP contribution is 2.34. The third-order valence-electron chi connectivity index (χ3n) is 5.25. The van der Waals surface area contributed by atoms with Gasteiger partial charge in [0.2, 0.25) is 5.91 Å². The van der Waals surface area contributed by atoms with Crippen LogP contribution in [-0.4, -0.2) is 15.9 Å². The third-order valence-corrected chi connectivity index (χ3v) is 6.43. The van der Waals surface area contributed by atoms with Gasteiger partial charge in [-0.05, 0) is 49.8 Å². The number of carbonyl (C=O) groups excluding carboxylic acids is 1. The molecular weight excluding hydrogens is 358 g/mol. The minimum atomic E-state index is -0.0666. The maximum Gasteiger partial charge on any atom is 0.259 e. The van der Waals surface area contributed by atoms with Crippen molar-refractivity contribution in [2.75, 3.05) is 0 Å². The fourth-order valence-corrected chi connectivity index (χ4v) is 5.14. The van der Waals surface area contributed by atoms with Crippen LogP contribution >= 0.6 is 11.3 Å². The average Bonchev–Trinajstić information content (AvgIpc) is 3.20. The van der Waals surface area contributed by atoms with Gasteiger partial charge in [-0.2, -0.15) is 0 Å². The number of hydrogen-bond acceptors (Lipinski definition) is 4. The van der Waals surface area contributed by atoms with Crippen LogP contribution in [-0.2, 0) is 24.1 Å². The van der Waals surface area contributed by atoms with Crippen LogP contribution in [0.15, 0.2) is 29.1 Å². The topological polar surface area (TPSA) is 74.8 Å². The molecule has 0 fully saturated rings. The summed E-state index contributed by atoms with van der Waals surface area (Å²) in [5, 5.41) is 3.79. The minimum absolute atomic E-state index is 0.0397. The van der Waals surface area contributed by atoms with Gasteiger partial charge in [-0.1, -0.05) is 24.3 Å². The monoisotopic (exact) mass is 381 g/mol. The van der Waals surface area contributed by atoms with Gasteiger partial charge in [0.05, 0.1) is 11.4 Å². The van der Waals surface area contributed by atoms with Gasteiger partial charge in [-0.15, -0.1) is 11.3 Å². The quantitative estimate of drug-likeness (QED) is 0.709. The molecule has 1 atom stereocenters. The highest BCUT2D eigenvalue weighted by atomic mass is 32.1. The SMILES string of the molecule is Cc1ccccc1C(C)NC(=O)CCc1nc2sc3c(c2c(=O)[nH]1)CCC3. The molecule has 1 aliphatic rings. The average molecular weight is 382 g/mol. The van der Waals surface area contributed by atoms with Crippen molar-refractivity contribution in [2.24, 2.45) is 0 Å². The molecule has 0 saturated carbocycles. The number of carbonyl (C=O) groups is 1. The molecule has 4 rings (SSSR count). The molecule has 6 heteroatoms. The molecule has 5 nitrogen and oxygen atoms in total. The largest absolute Gasteiger partial charge is 0.350 e. The summed E-state index contributed by atoms with van der Waals surface area (Å²) >= 11 is 1.63. The van der Waals surface area contributed by atoms with Gasteiger partial charge in [-0.3, -0.25) is 9.59 Å². The number of H-pyrrole nitrogens is 1. The number of nitrogens with zero attached hydrogens (tertiary/aromatic N) is 1. The van der Waals surface area contributed by atoms with E-state index in [0.29, 0.717) is 18.7 Å². The summed E-state index contributed by atoms with van der Waals surface area (Å²) in [7, 11) is 0. The molecule has 3 aromatic rings. The van der Waals surface area contributed by atoms with Gasteiger partial charge in [0.15, 0.2) is 0 Å². The van der Waals surface area contributed by atoms with Crippen molar-refractivity contribution in [3.05, 3.63) is 62.0 Å². The van der Waals surface area contributed by atoms with Crippen LogP contribution in [0.5, 0.6) is 0 Å². The molecule has 1 amide bonds. The van der Waals surface area contributed by atoms with Gasteiger partial charge in [0, 0.05) is 17.7 Å². The Bertz CT molecular complexity index is 1070. The summed E-state index contributed by atoms with van der Waals surface area (Å²) in [6.07, 6.45) is 3.87. The van der Waals surface area contributed by atoms with E-state index >= 15 is 0 Å². The molecular formula is C21H23N3O2S. The van der Waals surface area contributed by atoms with Gasteiger partial charge >= 0.3 is 0 Å². The smallest absolute Gasteiger partial charge is 0.259 e. The Morgan fingerprint density at radius 3 is 2.96 bits per heavy atom. The lowest BCUT2D eigenvalue weighted by Gasteiger charge is -2.16. The number of thiophene rings is 1. The Hall–Kier alpha value is -2.47. The van der Waals surface area contributed by atoms with Crippen molar-refractivity contribution in [2.45, 2.75) is 52.0 Å². The maximum atomic E-state index is 12.5. The molecule has 0 saturated heterocycles. The van der Waals surface area contributed by atoms with E-state index in [2.05, 4.69) is 15.3 Å². The number of benzene rings is 1. The fourth-order valence-electron chi connectivity index (χ4n) is 3.86. The molecule has 0 spiro atoms. The summed E-state index contributed by atoms with van der Waals surface area (Å²) in [5.74, 6) is 0.549. The molecule has 1 aliphatic carbocycles. The first-order valence-electron chi connectivity index (χ1n) is 9.41. The lowest BCUT2D eigenvalue weighted by Crippen LogP contribution is -2.27. The second-order valence-corrected chi connectivity index (χ2v) is 8.28. The number of fused-ring (bicyclic) bond motifs is 3. The normalized spacial score (nSPS) is 14.3. The van der Waals surface area contributed by atoms with E-state index in [1.165, 1.54) is 10.4 Å². The highest BCUT2D eigenvalue weighted by Gasteiger charge is 2.21. The van der Waals surface area contributed by atoms with Crippen molar-refractivity contribution in [1.82, 2.24) is 15.3 Å². The molecule has 140 valence electrons. The van der Waals surface area contributed by atoms with E-state index in [-0.39, 0.29) is 17.5 Å². The van der Waals surface area contributed by atoms with Crippen molar-refractivity contribution in [3.8, 4) is 0 Å². The molecule has 0 radical (unpaired) electrons. The van der Waals surface area contributed by atoms with E-state index in [0.717, 1.165) is 40.6 Å². The zero-order valence-corrected chi connectivity index (χ0v) is 16.4. The van der Waals surface area contributed by atoms with Crippen molar-refractivity contribution in [3.63, 3.8) is 0 Å². The van der Waals surface area contributed by atoms with E-state index in [1.54, 1.807) is 11.3 Å². The summed E-state index contributed by atoms with van der Waals surface area (Å²) in [6.45, 7) is 4.03. The van der Waals surface area contributed by atoms with E-state index in [1.807, 2.05) is 38.1 Å². The van der Waals surface area contributed by atoms with E-state index in [4.69, 9.17) is 0 Å². The number of nitrogens with one attached hydrogen (secondary N) is 2. The molecule has 0 bridgehead atoms. The number of aromatic nitrogens is 2. The molecule has 2 N–H and O–H groups in total. The van der Waals surface area contributed by atoms with Crippen LogP contribution < -0.4 is 10.9 Å². The number of rotatable bonds is 5. The standard InChI is InChI=1S/C21H23N3O2S/c1-12-6-3-4-7-14(12)13(2)22-18(25)11-10-17-23-20(26)19-15-8-5-9-16(15)27-21(19)24-17/h3-4,6-7,13H,5,8-11H2,1-2H3,(H,22,25)(H,23,24,26). The van der Waals surface area contributed by atoms with Gasteiger partial charge < -0.3 is 10.3 Å². The summed E-state index contributed by atoms with van der Waals surface area (Å²) < 4.78 is 0. The van der Waals surface area contributed by atoms with Gasteiger partial charge in [0.25, 0.3) is 5.56 Å². The zero-order valence-electron chi connectivity index (χ0n) is 15.6. The number of aromatic amines is 1. The van der Waals surface area contributed by atoms with Crippen LogP contribution in [0.25, 0.3) is 10.2 Å². The molecule has 27 heavy (non-hydrogen) atoms. The van der Waals surface area contributed by atoms with Crippen LogP contribution in [0.2, 0.25) is 0 Å². The van der Waals surface area contributed by atoms with E-state index < -0.39 is 0 Å². The Balaban J connectivity index is 1.43. The minimum Gasteiger partial charge on any atom is -0.350 e. The van der Waals surface area contributed by atoms with Gasteiger partial charge in [-0.25, -0.2) is 4.98 Å². The first kappa shape index (κ1) is 17.9. The van der Waals surface area contributed by atoms with Crippen LogP contribution in [0, 0.1) is 6.92 Å². The summed E-state index contributed by atoms with van der Waals surface area (Å²) in [5.41, 5.74) is 3.39. The van der Waals surface area contributed by atoms with Crippen LogP contribution in [0.3, 0.4) is 0 Å². The predicted octanol–water partition coefficient (Wildman–Crippen LogP) is 3.59. The van der Waals surface area contributed by atoms with E-state index in [9.17, 15) is 9.59 Å². The molecule has 1 unspecified atom stereocenters. The second-order valence-electron chi connectivity index (χ2n) is 7.20. The van der Waals surface area contributed by atoms with Crippen molar-refractivity contribution >= 4 is 27.5 Å². The fraction of sp³-hybridized carbons (Fsp3) is 0.381. The van der Waals surface area contributed by atoms with Crippen molar-refractivity contribution < 1.29 is 4.79 Å². The Kier molecular flexibility index (Phi) is 4.83. The van der Waals surface area contributed by atoms with Gasteiger partial charge in [0.1, 0.15) is 10.7 Å². The lowest BCUT2D eigenvalue weighted by molar-refractivity contribution is -0.121. The molecule has 2 heterocycles. The highest BCUT2D eigenvalue weighted by molar-refractivity contribution is 7.18.